The highest BCUT2D eigenvalue weighted by Gasteiger charge is 2.52. The lowest BCUT2D eigenvalue weighted by atomic mass is 9.77. The minimum atomic E-state index is -1.09. The maximum absolute atomic E-state index is 12.8. The van der Waals surface area contributed by atoms with Gasteiger partial charge in [-0.1, -0.05) is 6.92 Å². The van der Waals surface area contributed by atoms with Crippen molar-refractivity contribution in [3.05, 3.63) is 24.3 Å². The Morgan fingerprint density at radius 3 is 2.47 bits per heavy atom. The molecule has 0 bridgehead atoms. The summed E-state index contributed by atoms with van der Waals surface area (Å²) in [7, 11) is 1.54. The van der Waals surface area contributed by atoms with E-state index < -0.39 is 42.0 Å². The molecular weight excluding hydrogens is 390 g/mol. The van der Waals surface area contributed by atoms with Crippen LogP contribution in [0.2, 0.25) is 0 Å². The van der Waals surface area contributed by atoms with Gasteiger partial charge in [0, 0.05) is 5.69 Å². The van der Waals surface area contributed by atoms with Crippen molar-refractivity contribution in [2.75, 3.05) is 19.0 Å². The minimum Gasteiger partial charge on any atom is -0.497 e. The van der Waals surface area contributed by atoms with Gasteiger partial charge in [0.25, 0.3) is 11.8 Å². The summed E-state index contributed by atoms with van der Waals surface area (Å²) in [5, 5.41) is 5.38. The average molecular weight is 417 g/mol. The fraction of sp³-hybridized carbons (Fsp3) is 0.524. The predicted molar refractivity (Wildman–Crippen MR) is 108 cm³/mol. The highest BCUT2D eigenvalue weighted by Crippen LogP contribution is 2.36. The third-order valence-electron chi connectivity index (χ3n) is 5.70. The number of nitrogens with zero attached hydrogens (tertiary/aromatic N) is 1. The van der Waals surface area contributed by atoms with E-state index >= 15 is 0 Å². The molecule has 1 atom stereocenters. The first-order chi connectivity index (χ1) is 14.2. The van der Waals surface area contributed by atoms with Gasteiger partial charge in [0.2, 0.25) is 0 Å². The highest BCUT2D eigenvalue weighted by atomic mass is 16.5. The number of anilines is 1. The van der Waals surface area contributed by atoms with E-state index in [0.29, 0.717) is 30.2 Å². The van der Waals surface area contributed by atoms with E-state index in [-0.39, 0.29) is 0 Å². The Morgan fingerprint density at radius 1 is 1.23 bits per heavy atom. The lowest BCUT2D eigenvalue weighted by Gasteiger charge is -2.33. The van der Waals surface area contributed by atoms with Crippen molar-refractivity contribution >= 4 is 29.5 Å². The molecule has 2 N–H and O–H groups in total. The molecule has 9 heteroatoms. The molecule has 1 saturated carbocycles. The van der Waals surface area contributed by atoms with Gasteiger partial charge in [-0.3, -0.25) is 19.3 Å². The predicted octanol–water partition coefficient (Wildman–Crippen LogP) is 2.07. The first kappa shape index (κ1) is 21.6. The largest absolute Gasteiger partial charge is 0.497 e. The smallest absolute Gasteiger partial charge is 0.327 e. The Labute approximate surface area is 175 Å². The molecule has 1 aliphatic carbocycles. The summed E-state index contributed by atoms with van der Waals surface area (Å²) < 4.78 is 10.2. The van der Waals surface area contributed by atoms with Gasteiger partial charge >= 0.3 is 12.0 Å². The van der Waals surface area contributed by atoms with Crippen LogP contribution in [0.4, 0.5) is 10.5 Å². The quantitative estimate of drug-likeness (QED) is 0.541. The zero-order valence-electron chi connectivity index (χ0n) is 17.4. The average Bonchev–Trinajstić information content (AvgIpc) is 2.95. The second-order valence-corrected chi connectivity index (χ2v) is 7.94. The Bertz CT molecular complexity index is 830. The fourth-order valence-electron chi connectivity index (χ4n) is 3.75. The molecule has 162 valence electrons. The van der Waals surface area contributed by atoms with Crippen molar-refractivity contribution in [1.29, 1.82) is 0 Å². The summed E-state index contributed by atoms with van der Waals surface area (Å²) in [5.41, 5.74) is -0.396. The molecule has 1 aromatic carbocycles. The first-order valence-corrected chi connectivity index (χ1v) is 10.0. The van der Waals surface area contributed by atoms with Crippen molar-refractivity contribution in [3.63, 3.8) is 0 Å². The first-order valence-electron chi connectivity index (χ1n) is 10.0. The van der Waals surface area contributed by atoms with Crippen LogP contribution in [-0.2, 0) is 19.1 Å². The van der Waals surface area contributed by atoms with Gasteiger partial charge in [-0.05, 0) is 62.8 Å². The molecule has 9 nitrogen and oxygen atoms in total. The van der Waals surface area contributed by atoms with Crippen LogP contribution in [0.25, 0.3) is 0 Å². The van der Waals surface area contributed by atoms with Gasteiger partial charge in [-0.25, -0.2) is 4.79 Å². The molecule has 0 radical (unpaired) electrons. The van der Waals surface area contributed by atoms with Crippen LogP contribution in [0.3, 0.4) is 0 Å². The maximum Gasteiger partial charge on any atom is 0.327 e. The second kappa shape index (κ2) is 8.73. The van der Waals surface area contributed by atoms with E-state index in [1.807, 2.05) is 0 Å². The topological polar surface area (TPSA) is 114 Å². The number of benzene rings is 1. The monoisotopic (exact) mass is 417 g/mol. The Morgan fingerprint density at radius 2 is 1.87 bits per heavy atom. The molecule has 1 saturated heterocycles. The zero-order valence-corrected chi connectivity index (χ0v) is 17.4. The van der Waals surface area contributed by atoms with E-state index in [1.165, 1.54) is 14.0 Å². The van der Waals surface area contributed by atoms with Crippen LogP contribution in [0, 0.1) is 5.92 Å². The molecule has 1 aromatic rings. The number of ether oxygens (including phenoxy) is 2. The molecule has 1 aliphatic heterocycles. The normalized spacial score (nSPS) is 24.4. The number of carbonyl (C=O) groups is 4. The molecule has 4 amide bonds. The summed E-state index contributed by atoms with van der Waals surface area (Å²) >= 11 is 0. The van der Waals surface area contributed by atoms with Gasteiger partial charge < -0.3 is 20.1 Å². The summed E-state index contributed by atoms with van der Waals surface area (Å²) in [6.07, 6.45) is 1.71. The number of carbonyl (C=O) groups excluding carboxylic acids is 4. The van der Waals surface area contributed by atoms with Crippen molar-refractivity contribution in [2.24, 2.45) is 5.92 Å². The van der Waals surface area contributed by atoms with Crippen molar-refractivity contribution in [1.82, 2.24) is 10.2 Å². The molecule has 2 aliphatic rings. The second-order valence-electron chi connectivity index (χ2n) is 7.94. The van der Waals surface area contributed by atoms with Crippen LogP contribution < -0.4 is 15.4 Å². The van der Waals surface area contributed by atoms with Crippen LogP contribution in [0.1, 0.15) is 39.5 Å². The summed E-state index contributed by atoms with van der Waals surface area (Å²) in [5.74, 6) is -0.595. The number of rotatable bonds is 6. The van der Waals surface area contributed by atoms with Crippen LogP contribution in [-0.4, -0.2) is 54.0 Å². The fourth-order valence-corrected chi connectivity index (χ4v) is 3.75. The molecule has 2 fully saturated rings. The lowest BCUT2D eigenvalue weighted by molar-refractivity contribution is -0.155. The molecule has 1 spiro atoms. The van der Waals surface area contributed by atoms with Crippen LogP contribution in [0.5, 0.6) is 5.75 Å². The van der Waals surface area contributed by atoms with Gasteiger partial charge in [-0.2, -0.15) is 0 Å². The lowest BCUT2D eigenvalue weighted by Crippen LogP contribution is -2.49. The standard InChI is InChI=1S/C21H27N3O6/c1-13-8-10-21(11-9-13)19(27)24(20(28)23-21)12-17(25)30-14(2)18(26)22-15-4-6-16(29-3)7-5-15/h4-7,13-14H,8-12H2,1-3H3,(H,22,26)(H,23,28). The van der Waals surface area contributed by atoms with E-state index in [2.05, 4.69) is 17.6 Å². The molecule has 1 heterocycles. The van der Waals surface area contributed by atoms with Gasteiger partial charge in [0.1, 0.15) is 17.8 Å². The van der Waals surface area contributed by atoms with E-state index in [9.17, 15) is 19.2 Å². The van der Waals surface area contributed by atoms with Crippen LogP contribution in [0.15, 0.2) is 24.3 Å². The number of hydrogen-bond donors (Lipinski definition) is 2. The number of methoxy groups -OCH3 is 1. The Hall–Kier alpha value is -3.10. The molecule has 0 aromatic heterocycles. The highest BCUT2D eigenvalue weighted by molar-refractivity contribution is 6.08. The number of esters is 1. The Balaban J connectivity index is 1.53. The SMILES string of the molecule is COc1ccc(NC(=O)C(C)OC(=O)CN2C(=O)NC3(CCC(C)CC3)C2=O)cc1. The van der Waals surface area contributed by atoms with E-state index in [4.69, 9.17) is 9.47 Å². The van der Waals surface area contributed by atoms with Crippen molar-refractivity contribution in [3.8, 4) is 5.75 Å². The molecule has 1 unspecified atom stereocenters. The van der Waals surface area contributed by atoms with E-state index in [1.54, 1.807) is 24.3 Å². The number of urea groups is 1. The third-order valence-corrected chi connectivity index (χ3v) is 5.70. The molecule has 30 heavy (non-hydrogen) atoms. The number of amides is 4. The summed E-state index contributed by atoms with van der Waals surface area (Å²) in [4.78, 5) is 50.5. The number of nitrogens with one attached hydrogen (secondary N) is 2. The third kappa shape index (κ3) is 4.55. The maximum atomic E-state index is 12.8. The summed E-state index contributed by atoms with van der Waals surface area (Å²) in [6, 6.07) is 6.09. The van der Waals surface area contributed by atoms with Gasteiger partial charge in [0.15, 0.2) is 6.10 Å². The number of imide groups is 1. The summed E-state index contributed by atoms with van der Waals surface area (Å²) in [6.45, 7) is 3.01. The van der Waals surface area contributed by atoms with Gasteiger partial charge in [-0.15, -0.1) is 0 Å². The minimum absolute atomic E-state index is 0.397. The van der Waals surface area contributed by atoms with E-state index in [0.717, 1.165) is 17.7 Å². The zero-order chi connectivity index (χ0) is 21.9. The Kier molecular flexibility index (Phi) is 6.28. The van der Waals surface area contributed by atoms with Crippen molar-refractivity contribution < 1.29 is 28.7 Å². The van der Waals surface area contributed by atoms with Gasteiger partial charge in [0.05, 0.1) is 7.11 Å². The number of hydrogen-bond acceptors (Lipinski definition) is 6. The molecule has 3 rings (SSSR count). The van der Waals surface area contributed by atoms with Crippen LogP contribution >= 0.6 is 0 Å². The molecular formula is C21H27N3O6. The van der Waals surface area contributed by atoms with Crippen molar-refractivity contribution in [2.45, 2.75) is 51.2 Å².